The van der Waals surface area contributed by atoms with E-state index in [1.165, 1.54) is 25.3 Å². The second kappa shape index (κ2) is 6.44. The second-order valence-electron chi connectivity index (χ2n) is 5.27. The Hall–Kier alpha value is -3.07. The highest BCUT2D eigenvalue weighted by molar-refractivity contribution is 7.92. The highest BCUT2D eigenvalue weighted by atomic mass is 32.2. The summed E-state index contributed by atoms with van der Waals surface area (Å²) in [6, 6.07) is 9.38. The van der Waals surface area contributed by atoms with Gasteiger partial charge in [-0.2, -0.15) is 0 Å². The molecule has 0 bridgehead atoms. The van der Waals surface area contributed by atoms with Gasteiger partial charge in [0.25, 0.3) is 15.9 Å². The van der Waals surface area contributed by atoms with Crippen molar-refractivity contribution in [3.8, 4) is 0 Å². The van der Waals surface area contributed by atoms with Crippen LogP contribution in [-0.4, -0.2) is 19.5 Å². The maximum Gasteiger partial charge on any atom is 0.291 e. The molecule has 3 aromatic rings. The summed E-state index contributed by atoms with van der Waals surface area (Å²) in [7, 11) is -3.81. The molecule has 0 saturated carbocycles. The fraction of sp³-hybridized carbons (Fsp3) is 0.125. The van der Waals surface area contributed by atoms with Crippen molar-refractivity contribution in [2.45, 2.75) is 18.7 Å². The van der Waals surface area contributed by atoms with E-state index in [1.807, 2.05) is 0 Å². The predicted octanol–water partition coefficient (Wildman–Crippen LogP) is 2.94. The highest BCUT2D eigenvalue weighted by Gasteiger charge is 2.24. The molecule has 0 unspecified atom stereocenters. The molecule has 0 aliphatic rings. The number of aromatic nitrogens is 1. The number of nitrogens with zero attached hydrogens (tertiary/aromatic N) is 1. The van der Waals surface area contributed by atoms with E-state index in [1.54, 1.807) is 31.2 Å². The van der Waals surface area contributed by atoms with Gasteiger partial charge in [-0.1, -0.05) is 5.16 Å². The number of carbonyl (C=O) groups excluding carboxylic acids is 1. The molecular formula is C16H15N3O5S. The van der Waals surface area contributed by atoms with Crippen molar-refractivity contribution in [2.75, 3.05) is 10.0 Å². The Bertz CT molecular complexity index is 970. The molecular weight excluding hydrogens is 346 g/mol. The molecule has 8 nitrogen and oxygen atoms in total. The fourth-order valence-corrected chi connectivity index (χ4v) is 3.68. The number of carbonyl (C=O) groups is 1. The van der Waals surface area contributed by atoms with Gasteiger partial charge in [0.15, 0.2) is 16.4 Å². The maximum absolute atomic E-state index is 12.4. The van der Waals surface area contributed by atoms with Crippen LogP contribution in [0.15, 0.2) is 56.5 Å². The van der Waals surface area contributed by atoms with Gasteiger partial charge in [0, 0.05) is 11.4 Å². The minimum Gasteiger partial charge on any atom is -0.459 e. The van der Waals surface area contributed by atoms with Crippen LogP contribution in [-0.2, 0) is 10.0 Å². The van der Waals surface area contributed by atoms with Crippen molar-refractivity contribution >= 4 is 27.3 Å². The zero-order chi connectivity index (χ0) is 18.0. The monoisotopic (exact) mass is 361 g/mol. The quantitative estimate of drug-likeness (QED) is 0.722. The minimum atomic E-state index is -3.81. The lowest BCUT2D eigenvalue weighted by atomic mass is 10.3. The van der Waals surface area contributed by atoms with E-state index in [0.717, 1.165) is 0 Å². The molecule has 9 heteroatoms. The summed E-state index contributed by atoms with van der Waals surface area (Å²) in [4.78, 5) is 11.9. The van der Waals surface area contributed by atoms with E-state index in [4.69, 9.17) is 8.94 Å². The Labute approximate surface area is 143 Å². The summed E-state index contributed by atoms with van der Waals surface area (Å²) in [5.74, 6) is 0.00423. The number of furan rings is 1. The van der Waals surface area contributed by atoms with Crippen LogP contribution in [0.3, 0.4) is 0 Å². The smallest absolute Gasteiger partial charge is 0.291 e. The number of nitrogens with one attached hydrogen (secondary N) is 2. The number of hydrogen-bond acceptors (Lipinski definition) is 6. The first kappa shape index (κ1) is 16.8. The van der Waals surface area contributed by atoms with Crippen molar-refractivity contribution in [3.63, 3.8) is 0 Å². The van der Waals surface area contributed by atoms with Gasteiger partial charge in [-0.25, -0.2) is 8.42 Å². The summed E-state index contributed by atoms with van der Waals surface area (Å²) in [6.45, 7) is 3.08. The lowest BCUT2D eigenvalue weighted by molar-refractivity contribution is 0.0996. The van der Waals surface area contributed by atoms with Crippen molar-refractivity contribution < 1.29 is 22.2 Å². The number of amides is 1. The molecule has 2 heterocycles. The Morgan fingerprint density at radius 1 is 1.08 bits per heavy atom. The first-order chi connectivity index (χ1) is 11.9. The van der Waals surface area contributed by atoms with Crippen molar-refractivity contribution in [2.24, 2.45) is 0 Å². The number of anilines is 2. The third-order valence-electron chi connectivity index (χ3n) is 3.38. The molecule has 0 aliphatic heterocycles. The average molecular weight is 361 g/mol. The molecule has 0 radical (unpaired) electrons. The van der Waals surface area contributed by atoms with Gasteiger partial charge in [0.05, 0.1) is 6.26 Å². The summed E-state index contributed by atoms with van der Waals surface area (Å²) >= 11 is 0. The maximum atomic E-state index is 12.4. The van der Waals surface area contributed by atoms with Crippen molar-refractivity contribution in [3.05, 3.63) is 59.9 Å². The summed E-state index contributed by atoms with van der Waals surface area (Å²) in [6.07, 6.45) is 1.40. The number of benzene rings is 1. The van der Waals surface area contributed by atoms with Crippen LogP contribution in [0.5, 0.6) is 0 Å². The molecule has 0 fully saturated rings. The van der Waals surface area contributed by atoms with Crippen LogP contribution in [0.1, 0.15) is 22.0 Å². The van der Waals surface area contributed by atoms with E-state index in [-0.39, 0.29) is 22.1 Å². The summed E-state index contributed by atoms with van der Waals surface area (Å²) < 4.78 is 37.2. The topological polar surface area (TPSA) is 114 Å². The van der Waals surface area contributed by atoms with Gasteiger partial charge in [0.2, 0.25) is 0 Å². The first-order valence-electron chi connectivity index (χ1n) is 7.27. The van der Waals surface area contributed by atoms with E-state index in [0.29, 0.717) is 11.4 Å². The van der Waals surface area contributed by atoms with Crippen LogP contribution in [0, 0.1) is 13.8 Å². The fourth-order valence-electron chi connectivity index (χ4n) is 2.29. The van der Waals surface area contributed by atoms with Gasteiger partial charge in [0.1, 0.15) is 5.69 Å². The Morgan fingerprint density at radius 2 is 1.76 bits per heavy atom. The van der Waals surface area contributed by atoms with Crippen molar-refractivity contribution in [1.29, 1.82) is 0 Å². The summed E-state index contributed by atoms with van der Waals surface area (Å²) in [5, 5.41) is 6.29. The largest absolute Gasteiger partial charge is 0.459 e. The van der Waals surface area contributed by atoms with Gasteiger partial charge in [-0.15, -0.1) is 0 Å². The molecule has 1 aromatic carbocycles. The molecule has 2 N–H and O–H groups in total. The minimum absolute atomic E-state index is 0.0164. The van der Waals surface area contributed by atoms with Gasteiger partial charge in [-0.05, 0) is 50.2 Å². The van der Waals surface area contributed by atoms with E-state index in [9.17, 15) is 13.2 Å². The zero-order valence-electron chi connectivity index (χ0n) is 13.4. The Morgan fingerprint density at radius 3 is 2.32 bits per heavy atom. The van der Waals surface area contributed by atoms with Crippen LogP contribution in [0.2, 0.25) is 0 Å². The molecule has 1 amide bonds. The Kier molecular flexibility index (Phi) is 4.32. The Balaban J connectivity index is 1.74. The molecule has 2 aromatic heterocycles. The van der Waals surface area contributed by atoms with E-state index < -0.39 is 15.9 Å². The molecule has 25 heavy (non-hydrogen) atoms. The van der Waals surface area contributed by atoms with Crippen molar-refractivity contribution in [1.82, 2.24) is 5.16 Å². The number of aryl methyl sites for hydroxylation is 2. The third kappa shape index (κ3) is 3.56. The number of rotatable bonds is 5. The normalized spacial score (nSPS) is 11.3. The number of sulfonamides is 1. The zero-order valence-corrected chi connectivity index (χ0v) is 14.3. The molecule has 0 aliphatic carbocycles. The average Bonchev–Trinajstić information content (AvgIpc) is 3.19. The third-order valence-corrected chi connectivity index (χ3v) is 5.00. The van der Waals surface area contributed by atoms with E-state index in [2.05, 4.69) is 15.2 Å². The summed E-state index contributed by atoms with van der Waals surface area (Å²) in [5.41, 5.74) is 1.13. The lowest BCUT2D eigenvalue weighted by Crippen LogP contribution is -2.15. The molecule has 3 rings (SSSR count). The predicted molar refractivity (Wildman–Crippen MR) is 89.9 cm³/mol. The van der Waals surface area contributed by atoms with Gasteiger partial charge in [-0.3, -0.25) is 9.52 Å². The lowest BCUT2D eigenvalue weighted by Gasteiger charge is -2.09. The molecule has 0 saturated heterocycles. The SMILES string of the molecule is Cc1noc(C)c1S(=O)(=O)Nc1ccc(NC(=O)c2ccco2)cc1. The highest BCUT2D eigenvalue weighted by Crippen LogP contribution is 2.23. The van der Waals surface area contributed by atoms with Crippen LogP contribution >= 0.6 is 0 Å². The van der Waals surface area contributed by atoms with Gasteiger partial charge < -0.3 is 14.3 Å². The molecule has 0 spiro atoms. The second-order valence-corrected chi connectivity index (χ2v) is 6.89. The first-order valence-corrected chi connectivity index (χ1v) is 8.76. The van der Waals surface area contributed by atoms with Crippen LogP contribution in [0.25, 0.3) is 0 Å². The van der Waals surface area contributed by atoms with Gasteiger partial charge >= 0.3 is 0 Å². The number of hydrogen-bond donors (Lipinski definition) is 2. The molecule has 130 valence electrons. The van der Waals surface area contributed by atoms with Crippen LogP contribution < -0.4 is 10.0 Å². The molecule has 0 atom stereocenters. The standard InChI is InChI=1S/C16H15N3O5S/c1-10-15(11(2)24-18-10)25(21,22)19-13-7-5-12(6-8-13)17-16(20)14-4-3-9-23-14/h3-9,19H,1-2H3,(H,17,20). The van der Waals surface area contributed by atoms with Crippen LogP contribution in [0.4, 0.5) is 11.4 Å². The van der Waals surface area contributed by atoms with E-state index >= 15 is 0 Å².